The van der Waals surface area contributed by atoms with Crippen molar-refractivity contribution in [1.29, 1.82) is 0 Å². The molecule has 0 spiro atoms. The quantitative estimate of drug-likeness (QED) is 0.878. The first-order chi connectivity index (χ1) is 8.69. The molecule has 0 atom stereocenters. The molecule has 0 saturated carbocycles. The fourth-order valence-electron chi connectivity index (χ4n) is 2.66. The molecule has 1 saturated heterocycles. The van der Waals surface area contributed by atoms with Crippen LogP contribution in [-0.2, 0) is 5.41 Å². The summed E-state index contributed by atoms with van der Waals surface area (Å²) in [5.41, 5.74) is 3.18. The van der Waals surface area contributed by atoms with E-state index in [1.807, 2.05) is 0 Å². The fourth-order valence-corrected chi connectivity index (χ4v) is 2.66. The van der Waals surface area contributed by atoms with Crippen molar-refractivity contribution >= 4 is 5.69 Å². The number of anilines is 1. The minimum Gasteiger partial charge on any atom is -0.369 e. The van der Waals surface area contributed by atoms with Gasteiger partial charge < -0.3 is 10.2 Å². The van der Waals surface area contributed by atoms with Crippen LogP contribution in [-0.4, -0.2) is 26.2 Å². The number of piperazine rings is 1. The topological polar surface area (TPSA) is 15.3 Å². The SMILES string of the molecule is CCC(C)(CC)c1ccc(N2CCNCC2)cc1. The summed E-state index contributed by atoms with van der Waals surface area (Å²) in [6, 6.07) is 9.24. The third-order valence-electron chi connectivity index (χ3n) is 4.61. The zero-order valence-electron chi connectivity index (χ0n) is 12.0. The molecular formula is C16H26N2. The van der Waals surface area contributed by atoms with E-state index in [-0.39, 0.29) is 0 Å². The van der Waals surface area contributed by atoms with Crippen LogP contribution in [0.15, 0.2) is 24.3 Å². The lowest BCUT2D eigenvalue weighted by molar-refractivity contribution is 0.439. The highest BCUT2D eigenvalue weighted by atomic mass is 15.2. The second kappa shape index (κ2) is 5.75. The van der Waals surface area contributed by atoms with Crippen molar-refractivity contribution in [3.63, 3.8) is 0 Å². The number of nitrogens with one attached hydrogen (secondary N) is 1. The molecule has 2 rings (SSSR count). The molecule has 1 aromatic carbocycles. The van der Waals surface area contributed by atoms with Gasteiger partial charge in [0, 0.05) is 31.9 Å². The molecule has 2 heteroatoms. The van der Waals surface area contributed by atoms with E-state index in [0.29, 0.717) is 5.41 Å². The average Bonchev–Trinajstić information content (AvgIpc) is 2.47. The lowest BCUT2D eigenvalue weighted by Crippen LogP contribution is -2.43. The maximum absolute atomic E-state index is 3.40. The van der Waals surface area contributed by atoms with Crippen molar-refractivity contribution in [2.75, 3.05) is 31.1 Å². The van der Waals surface area contributed by atoms with Crippen LogP contribution in [0.2, 0.25) is 0 Å². The van der Waals surface area contributed by atoms with Crippen molar-refractivity contribution < 1.29 is 0 Å². The molecule has 0 aromatic heterocycles. The second-order valence-corrected chi connectivity index (χ2v) is 5.55. The third kappa shape index (κ3) is 2.69. The first-order valence-corrected chi connectivity index (χ1v) is 7.26. The Morgan fingerprint density at radius 3 is 2.11 bits per heavy atom. The first kappa shape index (κ1) is 13.4. The van der Waals surface area contributed by atoms with Crippen molar-refractivity contribution in [3.05, 3.63) is 29.8 Å². The lowest BCUT2D eigenvalue weighted by atomic mass is 9.78. The zero-order valence-corrected chi connectivity index (χ0v) is 12.0. The van der Waals surface area contributed by atoms with E-state index in [9.17, 15) is 0 Å². The molecule has 0 bridgehead atoms. The van der Waals surface area contributed by atoms with E-state index in [1.54, 1.807) is 0 Å². The minimum atomic E-state index is 0.335. The van der Waals surface area contributed by atoms with Crippen LogP contribution in [0.25, 0.3) is 0 Å². The third-order valence-corrected chi connectivity index (χ3v) is 4.61. The molecule has 1 aromatic rings. The van der Waals surface area contributed by atoms with Crippen molar-refractivity contribution in [1.82, 2.24) is 5.32 Å². The largest absolute Gasteiger partial charge is 0.369 e. The van der Waals surface area contributed by atoms with Gasteiger partial charge in [-0.3, -0.25) is 0 Å². The molecular weight excluding hydrogens is 220 g/mol. The molecule has 18 heavy (non-hydrogen) atoms. The van der Waals surface area contributed by atoms with Gasteiger partial charge in [-0.1, -0.05) is 32.9 Å². The van der Waals surface area contributed by atoms with Crippen LogP contribution in [0.4, 0.5) is 5.69 Å². The number of benzene rings is 1. The van der Waals surface area contributed by atoms with Gasteiger partial charge in [-0.05, 0) is 36.0 Å². The smallest absolute Gasteiger partial charge is 0.0367 e. The van der Waals surface area contributed by atoms with Gasteiger partial charge in [0.2, 0.25) is 0 Å². The van der Waals surface area contributed by atoms with Crippen LogP contribution in [0.3, 0.4) is 0 Å². The Morgan fingerprint density at radius 1 is 1.06 bits per heavy atom. The van der Waals surface area contributed by atoms with Crippen molar-refractivity contribution in [2.45, 2.75) is 39.0 Å². The molecule has 0 radical (unpaired) electrons. The molecule has 1 aliphatic rings. The molecule has 0 unspecified atom stereocenters. The van der Waals surface area contributed by atoms with Crippen LogP contribution in [0.1, 0.15) is 39.2 Å². The molecule has 1 N–H and O–H groups in total. The summed E-state index contributed by atoms with van der Waals surface area (Å²) in [4.78, 5) is 2.47. The normalized spacial score (nSPS) is 16.9. The minimum absolute atomic E-state index is 0.335. The van der Waals surface area contributed by atoms with Crippen LogP contribution in [0.5, 0.6) is 0 Å². The van der Waals surface area contributed by atoms with Gasteiger partial charge >= 0.3 is 0 Å². The van der Waals surface area contributed by atoms with E-state index in [0.717, 1.165) is 26.2 Å². The highest BCUT2D eigenvalue weighted by molar-refractivity contribution is 5.49. The van der Waals surface area contributed by atoms with Gasteiger partial charge in [0.05, 0.1) is 0 Å². The Balaban J connectivity index is 2.14. The number of hydrogen-bond acceptors (Lipinski definition) is 2. The average molecular weight is 246 g/mol. The summed E-state index contributed by atoms with van der Waals surface area (Å²) < 4.78 is 0. The molecule has 1 fully saturated rings. The Kier molecular flexibility index (Phi) is 4.28. The molecule has 1 aliphatic heterocycles. The van der Waals surface area contributed by atoms with Gasteiger partial charge in [0.1, 0.15) is 0 Å². The van der Waals surface area contributed by atoms with E-state index >= 15 is 0 Å². The Hall–Kier alpha value is -1.02. The number of rotatable bonds is 4. The summed E-state index contributed by atoms with van der Waals surface area (Å²) in [6.45, 7) is 11.4. The van der Waals surface area contributed by atoms with Crippen molar-refractivity contribution in [3.8, 4) is 0 Å². The van der Waals surface area contributed by atoms with Gasteiger partial charge in [-0.2, -0.15) is 0 Å². The Bertz CT molecular complexity index is 359. The highest BCUT2D eigenvalue weighted by Gasteiger charge is 2.22. The molecule has 0 aliphatic carbocycles. The van der Waals surface area contributed by atoms with E-state index in [2.05, 4.69) is 55.3 Å². The van der Waals surface area contributed by atoms with Gasteiger partial charge in [0.15, 0.2) is 0 Å². The van der Waals surface area contributed by atoms with Crippen LogP contribution >= 0.6 is 0 Å². The van der Waals surface area contributed by atoms with E-state index < -0.39 is 0 Å². The van der Waals surface area contributed by atoms with Gasteiger partial charge in [-0.25, -0.2) is 0 Å². The molecule has 100 valence electrons. The number of nitrogens with zero attached hydrogens (tertiary/aromatic N) is 1. The van der Waals surface area contributed by atoms with Crippen LogP contribution < -0.4 is 10.2 Å². The summed E-state index contributed by atoms with van der Waals surface area (Å²) >= 11 is 0. The van der Waals surface area contributed by atoms with Gasteiger partial charge in [-0.15, -0.1) is 0 Å². The maximum Gasteiger partial charge on any atom is 0.0367 e. The summed E-state index contributed by atoms with van der Waals surface area (Å²) in [5.74, 6) is 0. The Labute approximate surface area is 111 Å². The maximum atomic E-state index is 3.40. The predicted molar refractivity (Wildman–Crippen MR) is 79.5 cm³/mol. The number of hydrogen-bond donors (Lipinski definition) is 1. The molecule has 1 heterocycles. The second-order valence-electron chi connectivity index (χ2n) is 5.55. The lowest BCUT2D eigenvalue weighted by Gasteiger charge is -2.31. The summed E-state index contributed by atoms with van der Waals surface area (Å²) in [7, 11) is 0. The zero-order chi connectivity index (χ0) is 13.0. The monoisotopic (exact) mass is 246 g/mol. The molecule has 0 amide bonds. The van der Waals surface area contributed by atoms with Crippen molar-refractivity contribution in [2.24, 2.45) is 0 Å². The highest BCUT2D eigenvalue weighted by Crippen LogP contribution is 2.32. The van der Waals surface area contributed by atoms with E-state index in [1.165, 1.54) is 24.1 Å². The standard InChI is InChI=1S/C16H26N2/c1-4-16(3,5-2)14-6-8-15(9-7-14)18-12-10-17-11-13-18/h6-9,17H,4-5,10-13H2,1-3H3. The fraction of sp³-hybridized carbons (Fsp3) is 0.625. The van der Waals surface area contributed by atoms with Crippen LogP contribution in [0, 0.1) is 0 Å². The first-order valence-electron chi connectivity index (χ1n) is 7.26. The Morgan fingerprint density at radius 2 is 1.61 bits per heavy atom. The van der Waals surface area contributed by atoms with E-state index in [4.69, 9.17) is 0 Å². The molecule has 2 nitrogen and oxygen atoms in total. The summed E-state index contributed by atoms with van der Waals surface area (Å²) in [5, 5.41) is 3.40. The summed E-state index contributed by atoms with van der Waals surface area (Å²) in [6.07, 6.45) is 2.41. The predicted octanol–water partition coefficient (Wildman–Crippen LogP) is 3.17. The van der Waals surface area contributed by atoms with Gasteiger partial charge in [0.25, 0.3) is 0 Å².